The number of carbonyl (C=O) groups excluding carboxylic acids is 3. The Morgan fingerprint density at radius 1 is 1.24 bits per heavy atom. The third kappa shape index (κ3) is 3.54. The minimum absolute atomic E-state index is 0.0250. The fourth-order valence-electron chi connectivity index (χ4n) is 4.64. The summed E-state index contributed by atoms with van der Waals surface area (Å²) in [7, 11) is -4.92. The van der Waals surface area contributed by atoms with Crippen molar-refractivity contribution in [2.75, 3.05) is 19.8 Å². The first kappa shape index (κ1) is 20.3. The summed E-state index contributed by atoms with van der Waals surface area (Å²) in [6.07, 6.45) is 2.41. The Morgan fingerprint density at radius 3 is 2.48 bits per heavy atom. The van der Waals surface area contributed by atoms with Gasteiger partial charge in [0.25, 0.3) is 5.91 Å². The maximum Gasteiger partial charge on any atom is 0.418 e. The summed E-state index contributed by atoms with van der Waals surface area (Å²) in [5.74, 6) is -1.39. The SMILES string of the molecule is NC1CCCC1C(=O)NNC(=O)[C@@H]1CC2(COC2)[C@@H]2CN1C(=O)N2OS(=O)(=O)O. The molecule has 4 aliphatic rings. The molecule has 4 atom stereocenters. The van der Waals surface area contributed by atoms with Gasteiger partial charge in [-0.1, -0.05) is 6.42 Å². The number of piperidine rings is 1. The Bertz CT molecular complexity index is 831. The maximum absolute atomic E-state index is 12.7. The number of amides is 4. The van der Waals surface area contributed by atoms with Gasteiger partial charge in [-0.25, -0.2) is 4.79 Å². The Kier molecular flexibility index (Phi) is 4.93. The number of carbonyl (C=O) groups is 3. The van der Waals surface area contributed by atoms with Gasteiger partial charge in [0.05, 0.1) is 25.2 Å². The van der Waals surface area contributed by atoms with E-state index in [0.29, 0.717) is 11.5 Å². The van der Waals surface area contributed by atoms with Gasteiger partial charge in [0, 0.05) is 18.0 Å². The van der Waals surface area contributed by atoms with Gasteiger partial charge in [-0.2, -0.15) is 13.5 Å². The summed E-state index contributed by atoms with van der Waals surface area (Å²) in [4.78, 5) is 38.8. The highest BCUT2D eigenvalue weighted by Gasteiger charge is 2.63. The second-order valence-corrected chi connectivity index (χ2v) is 9.04. The molecule has 2 unspecified atom stereocenters. The van der Waals surface area contributed by atoms with E-state index >= 15 is 0 Å². The van der Waals surface area contributed by atoms with Gasteiger partial charge >= 0.3 is 16.4 Å². The van der Waals surface area contributed by atoms with E-state index in [4.69, 9.17) is 15.0 Å². The van der Waals surface area contributed by atoms with Crippen LogP contribution in [0.2, 0.25) is 0 Å². The predicted octanol–water partition coefficient (Wildman–Crippen LogP) is -2.11. The molecule has 0 radical (unpaired) electrons. The van der Waals surface area contributed by atoms with Gasteiger partial charge in [-0.05, 0) is 19.3 Å². The van der Waals surface area contributed by atoms with E-state index in [0.717, 1.165) is 17.7 Å². The minimum atomic E-state index is -4.92. The number of hydrogen-bond acceptors (Lipinski definition) is 8. The van der Waals surface area contributed by atoms with Crippen molar-refractivity contribution < 1.29 is 36.4 Å². The van der Waals surface area contributed by atoms with Crippen LogP contribution >= 0.6 is 0 Å². The summed E-state index contributed by atoms with van der Waals surface area (Å²) in [5.41, 5.74) is 9.92. The van der Waals surface area contributed by atoms with Gasteiger partial charge < -0.3 is 15.4 Å². The second kappa shape index (κ2) is 7.05. The molecular formula is C15H23N5O8S. The van der Waals surface area contributed by atoms with E-state index in [1.54, 1.807) is 0 Å². The van der Waals surface area contributed by atoms with Crippen molar-refractivity contribution in [2.45, 2.75) is 43.8 Å². The number of nitrogens with two attached hydrogens (primary N) is 1. The van der Waals surface area contributed by atoms with Crippen molar-refractivity contribution in [3.05, 3.63) is 0 Å². The molecule has 4 amide bonds. The van der Waals surface area contributed by atoms with E-state index in [-0.39, 0.29) is 44.0 Å². The van der Waals surface area contributed by atoms with Crippen LogP contribution in [-0.4, -0.2) is 78.7 Å². The first-order valence-corrected chi connectivity index (χ1v) is 10.7. The predicted molar refractivity (Wildman–Crippen MR) is 93.6 cm³/mol. The van der Waals surface area contributed by atoms with Crippen molar-refractivity contribution in [1.82, 2.24) is 20.8 Å². The monoisotopic (exact) mass is 433 g/mol. The lowest BCUT2D eigenvalue weighted by atomic mass is 9.71. The Balaban J connectivity index is 1.46. The summed E-state index contributed by atoms with van der Waals surface area (Å²) in [5, 5.41) is 0.585. The van der Waals surface area contributed by atoms with Crippen LogP contribution in [0.15, 0.2) is 0 Å². The fourth-order valence-corrected chi connectivity index (χ4v) is 5.01. The van der Waals surface area contributed by atoms with Gasteiger partial charge in [-0.3, -0.25) is 25.0 Å². The first-order valence-electron chi connectivity index (χ1n) is 9.31. The number of hydrogen-bond donors (Lipinski definition) is 4. The van der Waals surface area contributed by atoms with Gasteiger partial charge in [0.15, 0.2) is 0 Å². The normalized spacial score (nSPS) is 33.0. The average molecular weight is 433 g/mol. The molecule has 5 N–H and O–H groups in total. The number of hydrazine groups is 1. The highest BCUT2D eigenvalue weighted by molar-refractivity contribution is 7.80. The maximum atomic E-state index is 12.7. The number of fused-ring (bicyclic) bond motifs is 3. The summed E-state index contributed by atoms with van der Waals surface area (Å²) in [6.45, 7) is 0.436. The molecule has 1 aliphatic carbocycles. The Hall–Kier alpha value is -2.00. The van der Waals surface area contributed by atoms with E-state index in [1.807, 2.05) is 0 Å². The molecule has 3 aliphatic heterocycles. The van der Waals surface area contributed by atoms with E-state index < -0.39 is 39.8 Å². The van der Waals surface area contributed by atoms with Crippen LogP contribution in [0.5, 0.6) is 0 Å². The van der Waals surface area contributed by atoms with Crippen LogP contribution in [0.25, 0.3) is 0 Å². The fraction of sp³-hybridized carbons (Fsp3) is 0.800. The van der Waals surface area contributed by atoms with Crippen molar-refractivity contribution in [3.8, 4) is 0 Å². The number of urea groups is 1. The largest absolute Gasteiger partial charge is 0.418 e. The van der Waals surface area contributed by atoms with Crippen LogP contribution < -0.4 is 16.6 Å². The molecule has 13 nitrogen and oxygen atoms in total. The summed E-state index contributed by atoms with van der Waals surface area (Å²) >= 11 is 0. The van der Waals surface area contributed by atoms with Gasteiger partial charge in [0.2, 0.25) is 5.91 Å². The molecule has 3 heterocycles. The van der Waals surface area contributed by atoms with Crippen LogP contribution in [0, 0.1) is 11.3 Å². The van der Waals surface area contributed by atoms with E-state index in [1.165, 1.54) is 0 Å². The quantitative estimate of drug-likeness (QED) is 0.285. The number of rotatable bonds is 4. The zero-order valence-electron chi connectivity index (χ0n) is 15.4. The number of hydroxylamine groups is 2. The van der Waals surface area contributed by atoms with Crippen LogP contribution in [0.4, 0.5) is 4.79 Å². The molecule has 29 heavy (non-hydrogen) atoms. The Labute approximate surface area is 166 Å². The molecule has 4 fully saturated rings. The van der Waals surface area contributed by atoms with Crippen LogP contribution in [0.1, 0.15) is 25.7 Å². The third-order valence-corrected chi connectivity index (χ3v) is 6.59. The molecule has 14 heteroatoms. The average Bonchev–Trinajstić information content (AvgIpc) is 3.15. The number of ether oxygens (including phenoxy) is 1. The van der Waals surface area contributed by atoms with E-state index in [9.17, 15) is 22.8 Å². The molecule has 0 aromatic rings. The first-order chi connectivity index (χ1) is 13.6. The summed E-state index contributed by atoms with van der Waals surface area (Å²) in [6, 6.07) is -2.78. The molecule has 0 aromatic carbocycles. The zero-order valence-corrected chi connectivity index (χ0v) is 16.3. The third-order valence-electron chi connectivity index (χ3n) is 6.24. The molecule has 1 spiro atoms. The van der Waals surface area contributed by atoms with Crippen molar-refractivity contribution in [2.24, 2.45) is 17.1 Å². The number of nitrogens with one attached hydrogen (secondary N) is 2. The molecular weight excluding hydrogens is 410 g/mol. The van der Waals surface area contributed by atoms with E-state index in [2.05, 4.69) is 15.1 Å². The molecule has 4 rings (SSSR count). The zero-order chi connectivity index (χ0) is 21.0. The standard InChI is InChI=1S/C15H23N5O8S/c16-9-3-1-2-8(9)12(21)17-18-13(22)10-4-15(6-27-7-15)11-5-19(10)14(23)20(11)28-29(24,25)26/h8-11H,1-7,16H2,(H,17,21)(H,18,22)(H,24,25,26)/t8?,9?,10-,11-/m0/s1. The second-order valence-electron chi connectivity index (χ2n) is 8.03. The molecule has 3 saturated heterocycles. The molecule has 2 bridgehead atoms. The van der Waals surface area contributed by atoms with Crippen LogP contribution in [-0.2, 0) is 29.0 Å². The van der Waals surface area contributed by atoms with Crippen molar-refractivity contribution >= 4 is 28.2 Å². The smallest absolute Gasteiger partial charge is 0.380 e. The lowest BCUT2D eigenvalue weighted by Crippen LogP contribution is -2.64. The number of nitrogens with zero attached hydrogens (tertiary/aromatic N) is 2. The highest BCUT2D eigenvalue weighted by Crippen LogP contribution is 2.47. The molecule has 0 aromatic heterocycles. The lowest BCUT2D eigenvalue weighted by molar-refractivity contribution is -0.193. The molecule has 1 saturated carbocycles. The van der Waals surface area contributed by atoms with Gasteiger partial charge in [-0.15, -0.1) is 4.28 Å². The topological polar surface area (TPSA) is 181 Å². The lowest BCUT2D eigenvalue weighted by Gasteiger charge is -2.50. The van der Waals surface area contributed by atoms with Crippen LogP contribution in [0.3, 0.4) is 0 Å². The van der Waals surface area contributed by atoms with Gasteiger partial charge in [0.1, 0.15) is 6.04 Å². The minimum Gasteiger partial charge on any atom is -0.380 e. The van der Waals surface area contributed by atoms with Crippen molar-refractivity contribution in [3.63, 3.8) is 0 Å². The molecule has 162 valence electrons. The van der Waals surface area contributed by atoms with Crippen molar-refractivity contribution in [1.29, 1.82) is 0 Å². The Morgan fingerprint density at radius 2 is 1.93 bits per heavy atom. The highest BCUT2D eigenvalue weighted by atomic mass is 32.3. The summed E-state index contributed by atoms with van der Waals surface area (Å²) < 4.78 is 41.0.